The Labute approximate surface area is 493 Å². The van der Waals surface area contributed by atoms with E-state index in [4.69, 9.17) is 14.2 Å². The summed E-state index contributed by atoms with van der Waals surface area (Å²) in [6.07, 6.45) is 84.6. The van der Waals surface area contributed by atoms with E-state index in [1.807, 2.05) is 0 Å². The molecule has 0 spiro atoms. The van der Waals surface area contributed by atoms with Crippen LogP contribution in [0.1, 0.15) is 393 Å². The van der Waals surface area contributed by atoms with E-state index in [0.29, 0.717) is 19.3 Å². The van der Waals surface area contributed by atoms with Crippen LogP contribution in [0.4, 0.5) is 0 Å². The van der Waals surface area contributed by atoms with Crippen molar-refractivity contribution in [2.45, 2.75) is 399 Å². The summed E-state index contributed by atoms with van der Waals surface area (Å²) in [4.78, 5) is 38.4. The molecule has 0 aromatic carbocycles. The van der Waals surface area contributed by atoms with Crippen molar-refractivity contribution in [3.8, 4) is 0 Å². The van der Waals surface area contributed by atoms with Gasteiger partial charge in [-0.05, 0) is 57.8 Å². The van der Waals surface area contributed by atoms with Crippen molar-refractivity contribution in [2.75, 3.05) is 13.2 Å². The average Bonchev–Trinajstić information content (AvgIpc) is 3.45. The predicted octanol–water partition coefficient (Wildman–Crippen LogP) is 24.3. The Balaban J connectivity index is 4.18. The van der Waals surface area contributed by atoms with Gasteiger partial charge in [0.2, 0.25) is 0 Å². The molecule has 6 heteroatoms. The van der Waals surface area contributed by atoms with Crippen molar-refractivity contribution in [2.24, 2.45) is 0 Å². The Bertz CT molecular complexity index is 1320. The topological polar surface area (TPSA) is 78.9 Å². The van der Waals surface area contributed by atoms with Crippen molar-refractivity contribution < 1.29 is 28.6 Å². The monoisotopic (exact) mass is 1110 g/mol. The molecule has 0 bridgehead atoms. The molecule has 0 aromatic heterocycles. The van der Waals surface area contributed by atoms with E-state index in [1.165, 1.54) is 283 Å². The Kier molecular flexibility index (Phi) is 66.1. The molecule has 0 saturated carbocycles. The molecule has 0 fully saturated rings. The van der Waals surface area contributed by atoms with Gasteiger partial charge in [0.05, 0.1) is 0 Å². The third-order valence-electron chi connectivity index (χ3n) is 16.1. The van der Waals surface area contributed by atoms with E-state index in [9.17, 15) is 14.4 Å². The number of unbranched alkanes of at least 4 members (excludes halogenated alkanes) is 49. The van der Waals surface area contributed by atoms with Crippen LogP contribution in [-0.2, 0) is 28.6 Å². The van der Waals surface area contributed by atoms with Gasteiger partial charge in [0.1, 0.15) is 13.2 Å². The molecule has 1 unspecified atom stereocenters. The Hall–Kier alpha value is -2.37. The number of esters is 3. The fourth-order valence-electron chi connectivity index (χ4n) is 10.8. The normalized spacial score (nSPS) is 12.2. The fourth-order valence-corrected chi connectivity index (χ4v) is 10.8. The molecular formula is C73H136O6. The molecule has 0 aliphatic rings. The minimum absolute atomic E-state index is 0.0663. The maximum absolute atomic E-state index is 12.9. The van der Waals surface area contributed by atoms with Gasteiger partial charge in [-0.3, -0.25) is 14.4 Å². The fraction of sp³-hybridized carbons (Fsp3) is 0.877. The number of carbonyl (C=O) groups is 3. The summed E-state index contributed by atoms with van der Waals surface area (Å²) in [7, 11) is 0. The highest BCUT2D eigenvalue weighted by atomic mass is 16.6. The van der Waals surface area contributed by atoms with Crippen LogP contribution >= 0.6 is 0 Å². The number of rotatable bonds is 66. The maximum Gasteiger partial charge on any atom is 0.306 e. The Morgan fingerprint density at radius 2 is 0.456 bits per heavy atom. The number of hydrogen-bond donors (Lipinski definition) is 0. The minimum atomic E-state index is -0.769. The summed E-state index contributed by atoms with van der Waals surface area (Å²) in [5.41, 5.74) is 0. The van der Waals surface area contributed by atoms with Crippen LogP contribution in [-0.4, -0.2) is 37.2 Å². The van der Waals surface area contributed by atoms with Crippen molar-refractivity contribution in [1.29, 1.82) is 0 Å². The van der Waals surface area contributed by atoms with Crippen molar-refractivity contribution in [3.05, 3.63) is 36.5 Å². The summed E-state index contributed by atoms with van der Waals surface area (Å²) < 4.78 is 17.0. The van der Waals surface area contributed by atoms with Crippen molar-refractivity contribution in [3.63, 3.8) is 0 Å². The molecule has 464 valence electrons. The van der Waals surface area contributed by atoms with Gasteiger partial charge in [-0.15, -0.1) is 0 Å². The second-order valence-corrected chi connectivity index (χ2v) is 24.2. The number of hydrogen-bond acceptors (Lipinski definition) is 6. The largest absolute Gasteiger partial charge is 0.462 e. The average molecular weight is 1110 g/mol. The van der Waals surface area contributed by atoms with Gasteiger partial charge in [-0.1, -0.05) is 353 Å². The van der Waals surface area contributed by atoms with Gasteiger partial charge in [-0.2, -0.15) is 0 Å². The standard InChI is InChI=1S/C73H136O6/c1-4-7-10-13-16-19-22-24-26-28-30-32-34-35-36-37-39-40-42-44-46-48-51-54-57-60-63-66-72(75)78-69-70(68-77-71(74)65-62-59-56-53-50-21-18-15-12-9-6-3)79-73(76)67-64-61-58-55-52-49-47-45-43-41-38-33-31-29-27-25-23-20-17-14-11-8-5-2/h22,24,28,30,34-35,70H,4-21,23,25-27,29,31-33,36-69H2,1-3H3/b24-22-,30-28-,35-34-. The van der Waals surface area contributed by atoms with Crippen LogP contribution in [0.2, 0.25) is 0 Å². The zero-order chi connectivity index (χ0) is 57.1. The van der Waals surface area contributed by atoms with Gasteiger partial charge in [-0.25, -0.2) is 0 Å². The van der Waals surface area contributed by atoms with Gasteiger partial charge in [0.15, 0.2) is 6.10 Å². The molecule has 0 aliphatic heterocycles. The lowest BCUT2D eigenvalue weighted by atomic mass is 10.0. The third-order valence-corrected chi connectivity index (χ3v) is 16.1. The van der Waals surface area contributed by atoms with E-state index in [-0.39, 0.29) is 31.1 Å². The highest BCUT2D eigenvalue weighted by Gasteiger charge is 2.19. The predicted molar refractivity (Wildman–Crippen MR) is 344 cm³/mol. The minimum Gasteiger partial charge on any atom is -0.462 e. The van der Waals surface area contributed by atoms with Crippen LogP contribution in [0.15, 0.2) is 36.5 Å². The smallest absolute Gasteiger partial charge is 0.306 e. The maximum atomic E-state index is 12.9. The molecule has 79 heavy (non-hydrogen) atoms. The van der Waals surface area contributed by atoms with Crippen LogP contribution in [0, 0.1) is 0 Å². The SMILES string of the molecule is CCCCCCC/C=C\C/C=C\C/C=C\CCCCCCCCCCCCCCC(=O)OCC(COC(=O)CCCCCCCCCCCCC)OC(=O)CCCCCCCCCCCCCCCCCCCCCCCCC. The first kappa shape index (κ1) is 76.6. The van der Waals surface area contributed by atoms with Gasteiger partial charge in [0, 0.05) is 19.3 Å². The quantitative estimate of drug-likeness (QED) is 0.0261. The first-order valence-electron chi connectivity index (χ1n) is 35.5. The number of ether oxygens (including phenoxy) is 3. The summed E-state index contributed by atoms with van der Waals surface area (Å²) in [6.45, 7) is 6.69. The molecule has 6 nitrogen and oxygen atoms in total. The van der Waals surface area contributed by atoms with Crippen LogP contribution in [0.5, 0.6) is 0 Å². The van der Waals surface area contributed by atoms with E-state index in [2.05, 4.69) is 57.2 Å². The molecule has 0 saturated heterocycles. The lowest BCUT2D eigenvalue weighted by Gasteiger charge is -2.18. The third kappa shape index (κ3) is 66.3. The summed E-state index contributed by atoms with van der Waals surface area (Å²) >= 11 is 0. The van der Waals surface area contributed by atoms with Crippen molar-refractivity contribution in [1.82, 2.24) is 0 Å². The van der Waals surface area contributed by atoms with Crippen molar-refractivity contribution >= 4 is 17.9 Å². The lowest BCUT2D eigenvalue weighted by Crippen LogP contribution is -2.30. The van der Waals surface area contributed by atoms with E-state index in [0.717, 1.165) is 70.6 Å². The Morgan fingerprint density at radius 1 is 0.253 bits per heavy atom. The summed E-state index contributed by atoms with van der Waals surface area (Å²) in [5, 5.41) is 0. The Morgan fingerprint density at radius 3 is 0.709 bits per heavy atom. The lowest BCUT2D eigenvalue weighted by molar-refractivity contribution is -0.167. The van der Waals surface area contributed by atoms with E-state index < -0.39 is 6.10 Å². The highest BCUT2D eigenvalue weighted by Crippen LogP contribution is 2.19. The molecule has 0 aromatic rings. The molecule has 0 heterocycles. The molecule has 0 N–H and O–H groups in total. The van der Waals surface area contributed by atoms with Crippen LogP contribution in [0.25, 0.3) is 0 Å². The zero-order valence-electron chi connectivity index (χ0n) is 53.4. The number of allylic oxidation sites excluding steroid dienone is 6. The summed E-state index contributed by atoms with van der Waals surface area (Å²) in [5.74, 6) is -0.839. The molecule has 1 atom stereocenters. The van der Waals surface area contributed by atoms with Crippen LogP contribution < -0.4 is 0 Å². The van der Waals surface area contributed by atoms with Gasteiger partial charge < -0.3 is 14.2 Å². The highest BCUT2D eigenvalue weighted by molar-refractivity contribution is 5.71. The molecular weight excluding hydrogens is 973 g/mol. The molecule has 0 radical (unpaired) electrons. The first-order chi connectivity index (χ1) is 39.0. The van der Waals surface area contributed by atoms with E-state index >= 15 is 0 Å². The molecule has 0 aliphatic carbocycles. The second kappa shape index (κ2) is 68.1. The number of carbonyl (C=O) groups excluding carboxylic acids is 3. The molecule has 0 amide bonds. The van der Waals surface area contributed by atoms with Gasteiger partial charge in [0.25, 0.3) is 0 Å². The zero-order valence-corrected chi connectivity index (χ0v) is 53.4. The van der Waals surface area contributed by atoms with Crippen LogP contribution in [0.3, 0.4) is 0 Å². The second-order valence-electron chi connectivity index (χ2n) is 24.2. The summed E-state index contributed by atoms with van der Waals surface area (Å²) in [6, 6.07) is 0. The first-order valence-corrected chi connectivity index (χ1v) is 35.5. The van der Waals surface area contributed by atoms with Gasteiger partial charge >= 0.3 is 17.9 Å². The molecule has 0 rings (SSSR count). The van der Waals surface area contributed by atoms with E-state index in [1.54, 1.807) is 0 Å².